The Balaban J connectivity index is 3.13. The summed E-state index contributed by atoms with van der Waals surface area (Å²) in [5.74, 6) is -0.378. The molecule has 1 aromatic carbocycles. The lowest BCUT2D eigenvalue weighted by Gasteiger charge is -2.15. The SMILES string of the molecule is CNC(C=C(C)C)c1cccc(F)c1Cl. The van der Waals surface area contributed by atoms with Crippen LogP contribution in [0.25, 0.3) is 0 Å². The molecule has 1 N–H and O–H groups in total. The standard InChI is InChI=1S/C12H15ClFN/c1-8(2)7-11(15-3)9-5-4-6-10(14)12(9)13/h4-7,11,15H,1-3H3. The Hall–Kier alpha value is -0.860. The zero-order valence-corrected chi connectivity index (χ0v) is 9.90. The third-order valence-electron chi connectivity index (χ3n) is 2.13. The fourth-order valence-corrected chi connectivity index (χ4v) is 1.67. The number of hydrogen-bond acceptors (Lipinski definition) is 1. The molecule has 0 fully saturated rings. The van der Waals surface area contributed by atoms with Gasteiger partial charge in [0.2, 0.25) is 0 Å². The molecule has 0 amide bonds. The van der Waals surface area contributed by atoms with Crippen molar-refractivity contribution in [1.29, 1.82) is 0 Å². The highest BCUT2D eigenvalue weighted by atomic mass is 35.5. The lowest BCUT2D eigenvalue weighted by molar-refractivity contribution is 0.619. The van der Waals surface area contributed by atoms with Gasteiger partial charge in [0, 0.05) is 0 Å². The van der Waals surface area contributed by atoms with Crippen LogP contribution < -0.4 is 5.32 Å². The van der Waals surface area contributed by atoms with Gasteiger partial charge in [0.05, 0.1) is 11.1 Å². The molecule has 1 unspecified atom stereocenters. The van der Waals surface area contributed by atoms with E-state index in [0.29, 0.717) is 0 Å². The zero-order chi connectivity index (χ0) is 11.4. The maximum Gasteiger partial charge on any atom is 0.142 e. The lowest BCUT2D eigenvalue weighted by Crippen LogP contribution is -2.15. The third-order valence-corrected chi connectivity index (χ3v) is 2.53. The second-order valence-electron chi connectivity index (χ2n) is 3.65. The predicted molar refractivity (Wildman–Crippen MR) is 62.6 cm³/mol. The van der Waals surface area contributed by atoms with E-state index in [1.165, 1.54) is 6.07 Å². The summed E-state index contributed by atoms with van der Waals surface area (Å²) >= 11 is 5.91. The van der Waals surface area contributed by atoms with E-state index in [9.17, 15) is 4.39 Å². The van der Waals surface area contributed by atoms with Crippen molar-refractivity contribution >= 4 is 11.6 Å². The summed E-state index contributed by atoms with van der Waals surface area (Å²) in [5.41, 5.74) is 1.93. The van der Waals surface area contributed by atoms with Gasteiger partial charge >= 0.3 is 0 Å². The molecule has 0 aromatic heterocycles. The molecular weight excluding hydrogens is 213 g/mol. The van der Waals surface area contributed by atoms with Crippen molar-refractivity contribution in [2.45, 2.75) is 19.9 Å². The van der Waals surface area contributed by atoms with Crippen LogP contribution in [0.2, 0.25) is 5.02 Å². The van der Waals surface area contributed by atoms with Gasteiger partial charge in [-0.15, -0.1) is 0 Å². The monoisotopic (exact) mass is 227 g/mol. The summed E-state index contributed by atoms with van der Waals surface area (Å²) in [7, 11) is 1.82. The van der Waals surface area contributed by atoms with Gasteiger partial charge in [-0.1, -0.05) is 35.4 Å². The van der Waals surface area contributed by atoms with Crippen LogP contribution in [0, 0.1) is 5.82 Å². The molecule has 0 aliphatic rings. The van der Waals surface area contributed by atoms with Crippen molar-refractivity contribution in [2.24, 2.45) is 0 Å². The number of benzene rings is 1. The molecule has 0 saturated carbocycles. The van der Waals surface area contributed by atoms with Crippen LogP contribution >= 0.6 is 11.6 Å². The van der Waals surface area contributed by atoms with Gasteiger partial charge in [0.1, 0.15) is 5.82 Å². The average molecular weight is 228 g/mol. The Morgan fingerprint density at radius 2 is 2.13 bits per heavy atom. The van der Waals surface area contributed by atoms with Gasteiger partial charge in [-0.05, 0) is 32.5 Å². The molecule has 0 saturated heterocycles. The molecule has 0 radical (unpaired) electrons. The average Bonchev–Trinajstić information content (AvgIpc) is 2.19. The van der Waals surface area contributed by atoms with Crippen LogP contribution in [0.5, 0.6) is 0 Å². The minimum Gasteiger partial charge on any atom is -0.310 e. The van der Waals surface area contributed by atoms with Gasteiger partial charge in [-0.25, -0.2) is 4.39 Å². The molecule has 82 valence electrons. The van der Waals surface area contributed by atoms with Gasteiger partial charge in [-0.3, -0.25) is 0 Å². The fraction of sp³-hybridized carbons (Fsp3) is 0.333. The van der Waals surface area contributed by atoms with Crippen molar-refractivity contribution in [1.82, 2.24) is 5.32 Å². The van der Waals surface area contributed by atoms with Crippen LogP contribution in [0.1, 0.15) is 25.5 Å². The lowest BCUT2D eigenvalue weighted by atomic mass is 10.0. The maximum absolute atomic E-state index is 13.2. The number of rotatable bonds is 3. The van der Waals surface area contributed by atoms with Crippen LogP contribution in [0.3, 0.4) is 0 Å². The molecule has 0 heterocycles. The largest absolute Gasteiger partial charge is 0.310 e. The summed E-state index contributed by atoms with van der Waals surface area (Å²) in [6.07, 6.45) is 2.01. The van der Waals surface area contributed by atoms with E-state index in [4.69, 9.17) is 11.6 Å². The molecule has 1 rings (SSSR count). The van der Waals surface area contributed by atoms with Crippen LogP contribution in [-0.2, 0) is 0 Å². The van der Waals surface area contributed by atoms with Crippen molar-refractivity contribution in [2.75, 3.05) is 7.05 Å². The molecule has 3 heteroatoms. The van der Waals surface area contributed by atoms with E-state index < -0.39 is 0 Å². The molecule has 0 spiro atoms. The summed E-state index contributed by atoms with van der Waals surface area (Å²) < 4.78 is 13.2. The zero-order valence-electron chi connectivity index (χ0n) is 9.14. The third kappa shape index (κ3) is 3.05. The first-order valence-corrected chi connectivity index (χ1v) is 5.20. The minimum atomic E-state index is -0.378. The van der Waals surface area contributed by atoms with E-state index in [1.807, 2.05) is 33.0 Å². The Morgan fingerprint density at radius 3 is 2.67 bits per heavy atom. The predicted octanol–water partition coefficient (Wildman–Crippen LogP) is 3.71. The highest BCUT2D eigenvalue weighted by Crippen LogP contribution is 2.26. The highest BCUT2D eigenvalue weighted by molar-refractivity contribution is 6.31. The second kappa shape index (κ2) is 5.29. The maximum atomic E-state index is 13.2. The van der Waals surface area contributed by atoms with E-state index in [0.717, 1.165) is 11.1 Å². The Labute approximate surface area is 95.0 Å². The number of halogens is 2. The first-order chi connectivity index (χ1) is 7.06. The van der Waals surface area contributed by atoms with Gasteiger partial charge in [0.15, 0.2) is 0 Å². The summed E-state index contributed by atoms with van der Waals surface area (Å²) in [4.78, 5) is 0. The van der Waals surface area contributed by atoms with Gasteiger partial charge in [0.25, 0.3) is 0 Å². The van der Waals surface area contributed by atoms with Crippen molar-refractivity contribution in [3.8, 4) is 0 Å². The summed E-state index contributed by atoms with van der Waals surface area (Å²) in [6.45, 7) is 4.00. The quantitative estimate of drug-likeness (QED) is 0.777. The van der Waals surface area contributed by atoms with Crippen LogP contribution in [0.15, 0.2) is 29.8 Å². The number of allylic oxidation sites excluding steroid dienone is 1. The second-order valence-corrected chi connectivity index (χ2v) is 4.03. The summed E-state index contributed by atoms with van der Waals surface area (Å²) in [6, 6.07) is 4.81. The normalized spacial score (nSPS) is 12.3. The smallest absolute Gasteiger partial charge is 0.142 e. The van der Waals surface area contributed by atoms with E-state index in [1.54, 1.807) is 6.07 Å². The van der Waals surface area contributed by atoms with Gasteiger partial charge < -0.3 is 5.32 Å². The molecule has 1 nitrogen and oxygen atoms in total. The Kier molecular flexibility index (Phi) is 4.30. The van der Waals surface area contributed by atoms with Crippen LogP contribution in [0.4, 0.5) is 4.39 Å². The van der Waals surface area contributed by atoms with Crippen LogP contribution in [-0.4, -0.2) is 7.05 Å². The van der Waals surface area contributed by atoms with Gasteiger partial charge in [-0.2, -0.15) is 0 Å². The Morgan fingerprint density at radius 1 is 1.47 bits per heavy atom. The minimum absolute atomic E-state index is 0.0433. The van der Waals surface area contributed by atoms with Crippen molar-refractivity contribution in [3.63, 3.8) is 0 Å². The molecule has 1 aromatic rings. The number of likely N-dealkylation sites (N-methyl/N-ethyl adjacent to an activating group) is 1. The number of nitrogens with one attached hydrogen (secondary N) is 1. The van der Waals surface area contributed by atoms with Crippen molar-refractivity contribution < 1.29 is 4.39 Å². The molecule has 15 heavy (non-hydrogen) atoms. The Bertz CT molecular complexity index is 370. The highest BCUT2D eigenvalue weighted by Gasteiger charge is 2.12. The van der Waals surface area contributed by atoms with E-state index >= 15 is 0 Å². The topological polar surface area (TPSA) is 12.0 Å². The van der Waals surface area contributed by atoms with E-state index in [2.05, 4.69) is 5.32 Å². The fourth-order valence-electron chi connectivity index (χ4n) is 1.42. The first kappa shape index (κ1) is 12.2. The molecule has 0 aliphatic carbocycles. The molecule has 0 bridgehead atoms. The van der Waals surface area contributed by atoms with Crippen molar-refractivity contribution in [3.05, 3.63) is 46.3 Å². The molecular formula is C12H15ClFN. The summed E-state index contributed by atoms with van der Waals surface area (Å²) in [5, 5.41) is 3.28. The number of hydrogen-bond donors (Lipinski definition) is 1. The molecule has 1 atom stereocenters. The van der Waals surface area contributed by atoms with E-state index in [-0.39, 0.29) is 16.9 Å². The molecule has 0 aliphatic heterocycles. The first-order valence-electron chi connectivity index (χ1n) is 4.82.